The number of benzene rings is 3. The summed E-state index contributed by atoms with van der Waals surface area (Å²) in [6, 6.07) is 22.5. The van der Waals surface area contributed by atoms with Crippen LogP contribution in [0.2, 0.25) is 0 Å². The van der Waals surface area contributed by atoms with Gasteiger partial charge in [-0.1, -0.05) is 80.6 Å². The molecule has 3 aromatic carbocycles. The van der Waals surface area contributed by atoms with E-state index < -0.39 is 21.3 Å². The highest BCUT2D eigenvalue weighted by atomic mass is 32.2. The maximum atomic E-state index is 14.2. The highest BCUT2D eigenvalue weighted by molar-refractivity contribution is 7.91. The fourth-order valence-electron chi connectivity index (χ4n) is 8.36. The molecule has 4 aromatic rings. The molecule has 282 valence electrons. The van der Waals surface area contributed by atoms with Crippen LogP contribution >= 0.6 is 0 Å². The highest BCUT2D eigenvalue weighted by Gasteiger charge is 2.43. The van der Waals surface area contributed by atoms with Crippen LogP contribution < -0.4 is 10.6 Å². The van der Waals surface area contributed by atoms with Gasteiger partial charge in [0.25, 0.3) is 5.91 Å². The molecule has 12 heteroatoms. The smallest absolute Gasteiger partial charge is 0.328 e. The summed E-state index contributed by atoms with van der Waals surface area (Å²) in [5, 5.41) is 16.0. The SMILES string of the molecule is O=C(O)C=Cc1ccc(NC(=O)C2(NC(=O)c3ccc4c(C5CCCCC5)c(-c5ccccc5)n(CC(=O)N5CCS(=O)(=O)CC5)c4c3)CCCC2)cc1. The summed E-state index contributed by atoms with van der Waals surface area (Å²) in [5.74, 6) is -1.75. The molecule has 7 rings (SSSR count). The Morgan fingerprint density at radius 1 is 0.852 bits per heavy atom. The van der Waals surface area contributed by atoms with Gasteiger partial charge in [-0.25, -0.2) is 13.2 Å². The van der Waals surface area contributed by atoms with Gasteiger partial charge in [0.05, 0.1) is 22.7 Å². The summed E-state index contributed by atoms with van der Waals surface area (Å²) in [6.07, 6.45) is 10.5. The molecule has 3 N–H and O–H groups in total. The Morgan fingerprint density at radius 3 is 2.20 bits per heavy atom. The lowest BCUT2D eigenvalue weighted by atomic mass is 9.81. The van der Waals surface area contributed by atoms with Gasteiger partial charge in [-0.3, -0.25) is 14.4 Å². The van der Waals surface area contributed by atoms with Gasteiger partial charge in [-0.2, -0.15) is 0 Å². The molecule has 0 bridgehead atoms. The molecule has 0 unspecified atom stereocenters. The van der Waals surface area contributed by atoms with E-state index in [0.717, 1.165) is 66.8 Å². The first kappa shape index (κ1) is 37.1. The molecular formula is C42H46N4O7S. The first-order valence-electron chi connectivity index (χ1n) is 18.9. The van der Waals surface area contributed by atoms with Crippen LogP contribution in [0.3, 0.4) is 0 Å². The lowest BCUT2D eigenvalue weighted by Crippen LogP contribution is -2.55. The van der Waals surface area contributed by atoms with Crippen molar-refractivity contribution in [2.75, 3.05) is 29.9 Å². The molecule has 1 saturated heterocycles. The summed E-state index contributed by atoms with van der Waals surface area (Å²) >= 11 is 0. The third kappa shape index (κ3) is 7.99. The fourth-order valence-corrected chi connectivity index (χ4v) is 9.56. The minimum atomic E-state index is -3.17. The van der Waals surface area contributed by atoms with Crippen LogP contribution in [0.15, 0.2) is 78.9 Å². The zero-order chi connectivity index (χ0) is 37.9. The zero-order valence-corrected chi connectivity index (χ0v) is 31.1. The van der Waals surface area contributed by atoms with Gasteiger partial charge >= 0.3 is 5.97 Å². The number of rotatable bonds is 10. The van der Waals surface area contributed by atoms with Gasteiger partial charge in [-0.15, -0.1) is 0 Å². The van der Waals surface area contributed by atoms with Gasteiger partial charge in [-0.05, 0) is 78.6 Å². The standard InChI is InChI=1S/C42H46N4O7S/c47-36(45-23-25-54(52,53)26-24-45)28-46-35-27-32(16-19-34(35)38(30-9-3-1-4-10-30)39(46)31-11-5-2-6-12-31)40(50)44-42(21-7-8-22-42)41(51)43-33-17-13-29(14-18-33)15-20-37(48)49/h2,5-6,11-20,27,30H,1,3-4,7-10,21-26,28H2,(H,43,51)(H,44,50)(H,48,49). The summed E-state index contributed by atoms with van der Waals surface area (Å²) in [4.78, 5) is 54.5. The van der Waals surface area contributed by atoms with E-state index >= 15 is 0 Å². The van der Waals surface area contributed by atoms with E-state index in [9.17, 15) is 27.6 Å². The van der Waals surface area contributed by atoms with Crippen LogP contribution in [-0.2, 0) is 30.8 Å². The van der Waals surface area contributed by atoms with Gasteiger partial charge in [0, 0.05) is 35.8 Å². The molecule has 1 aromatic heterocycles. The van der Waals surface area contributed by atoms with Gasteiger partial charge in [0.15, 0.2) is 9.84 Å². The number of nitrogens with zero attached hydrogens (tertiary/aromatic N) is 2. The van der Waals surface area contributed by atoms with Crippen molar-refractivity contribution in [1.82, 2.24) is 14.8 Å². The van der Waals surface area contributed by atoms with Crippen LogP contribution in [0.1, 0.15) is 85.2 Å². The van der Waals surface area contributed by atoms with Crippen molar-refractivity contribution in [3.05, 3.63) is 95.6 Å². The number of carboxylic acids is 1. The van der Waals surface area contributed by atoms with Crippen molar-refractivity contribution in [2.45, 2.75) is 75.8 Å². The average molecular weight is 751 g/mol. The molecule has 2 heterocycles. The molecule has 3 aliphatic rings. The minimum absolute atomic E-state index is 0.00417. The Morgan fingerprint density at radius 2 is 1.54 bits per heavy atom. The number of anilines is 1. The fraction of sp³-hybridized carbons (Fsp3) is 0.381. The number of fused-ring (bicyclic) bond motifs is 1. The molecule has 54 heavy (non-hydrogen) atoms. The average Bonchev–Trinajstić information content (AvgIpc) is 3.78. The molecular weight excluding hydrogens is 705 g/mol. The number of carbonyl (C=O) groups is 4. The van der Waals surface area contributed by atoms with Crippen molar-refractivity contribution in [3.63, 3.8) is 0 Å². The summed E-state index contributed by atoms with van der Waals surface area (Å²) < 4.78 is 26.4. The number of sulfone groups is 1. The van der Waals surface area contributed by atoms with Crippen molar-refractivity contribution in [1.29, 1.82) is 0 Å². The Kier molecular flexibility index (Phi) is 10.7. The first-order chi connectivity index (χ1) is 26.0. The van der Waals surface area contributed by atoms with Gasteiger partial charge in [0.2, 0.25) is 11.8 Å². The van der Waals surface area contributed by atoms with Gasteiger partial charge in [0.1, 0.15) is 12.1 Å². The van der Waals surface area contributed by atoms with Crippen LogP contribution in [0.5, 0.6) is 0 Å². The minimum Gasteiger partial charge on any atom is -0.478 e. The van der Waals surface area contributed by atoms with Crippen molar-refractivity contribution >= 4 is 56.2 Å². The number of nitrogens with one attached hydrogen (secondary N) is 2. The monoisotopic (exact) mass is 750 g/mol. The van der Waals surface area contributed by atoms with E-state index in [1.807, 2.05) is 53.1 Å². The number of hydrogen-bond donors (Lipinski definition) is 3. The van der Waals surface area contributed by atoms with Crippen LogP contribution in [0, 0.1) is 0 Å². The third-order valence-electron chi connectivity index (χ3n) is 11.2. The largest absolute Gasteiger partial charge is 0.478 e. The molecule has 1 aliphatic heterocycles. The molecule has 0 radical (unpaired) electrons. The van der Waals surface area contributed by atoms with Crippen molar-refractivity contribution in [3.8, 4) is 11.3 Å². The van der Waals surface area contributed by atoms with E-state index in [2.05, 4.69) is 10.6 Å². The first-order valence-corrected chi connectivity index (χ1v) is 20.7. The lowest BCUT2D eigenvalue weighted by Gasteiger charge is -2.29. The zero-order valence-electron chi connectivity index (χ0n) is 30.3. The summed E-state index contributed by atoms with van der Waals surface area (Å²) in [7, 11) is -3.17. The number of amides is 3. The van der Waals surface area contributed by atoms with E-state index in [4.69, 9.17) is 5.11 Å². The Balaban J connectivity index is 1.23. The van der Waals surface area contributed by atoms with E-state index in [1.165, 1.54) is 18.1 Å². The number of hydrogen-bond acceptors (Lipinski definition) is 6. The molecule has 2 saturated carbocycles. The molecule has 3 amide bonds. The Hall–Kier alpha value is -5.23. The normalized spacial score (nSPS) is 18.5. The van der Waals surface area contributed by atoms with E-state index in [0.29, 0.717) is 29.7 Å². The number of aliphatic carboxylic acids is 1. The predicted molar refractivity (Wildman–Crippen MR) is 209 cm³/mol. The quantitative estimate of drug-likeness (QED) is 0.159. The Labute approximate surface area is 315 Å². The van der Waals surface area contributed by atoms with Crippen molar-refractivity contribution < 1.29 is 32.7 Å². The second-order valence-corrected chi connectivity index (χ2v) is 17.1. The Bertz CT molecular complexity index is 2180. The predicted octanol–water partition coefficient (Wildman–Crippen LogP) is 6.39. The highest BCUT2D eigenvalue weighted by Crippen LogP contribution is 2.44. The van der Waals surface area contributed by atoms with Crippen LogP contribution in [0.25, 0.3) is 28.2 Å². The maximum Gasteiger partial charge on any atom is 0.328 e. The van der Waals surface area contributed by atoms with E-state index in [-0.39, 0.29) is 54.8 Å². The topological polar surface area (TPSA) is 155 Å². The summed E-state index contributed by atoms with van der Waals surface area (Å²) in [6.45, 7) is 0.302. The van der Waals surface area contributed by atoms with Gasteiger partial charge < -0.3 is 25.2 Å². The van der Waals surface area contributed by atoms with Crippen LogP contribution in [0.4, 0.5) is 5.69 Å². The number of carboxylic acid groups (broad SMARTS) is 1. The molecule has 0 spiro atoms. The molecule has 0 atom stereocenters. The maximum absolute atomic E-state index is 14.2. The number of aromatic nitrogens is 1. The van der Waals surface area contributed by atoms with Crippen LogP contribution in [-0.4, -0.2) is 76.8 Å². The third-order valence-corrected chi connectivity index (χ3v) is 12.9. The van der Waals surface area contributed by atoms with E-state index in [1.54, 1.807) is 29.2 Å². The molecule has 3 fully saturated rings. The lowest BCUT2D eigenvalue weighted by molar-refractivity contribution is -0.132. The summed E-state index contributed by atoms with van der Waals surface area (Å²) in [5.41, 5.74) is 4.31. The second-order valence-electron chi connectivity index (χ2n) is 14.8. The number of carbonyl (C=O) groups excluding carboxylic acids is 3. The molecule has 11 nitrogen and oxygen atoms in total. The van der Waals surface area contributed by atoms with Crippen molar-refractivity contribution in [2.24, 2.45) is 0 Å². The second kappa shape index (κ2) is 15.6. The molecule has 2 aliphatic carbocycles.